The number of hydrogen-bond acceptors (Lipinski definition) is 5. The van der Waals surface area contributed by atoms with Crippen LogP contribution in [0.4, 0.5) is 0 Å². The lowest BCUT2D eigenvalue weighted by molar-refractivity contribution is 0.359. The first-order valence-electron chi connectivity index (χ1n) is 7.61. The number of hydrogen-bond donors (Lipinski definition) is 2. The van der Waals surface area contributed by atoms with Crippen molar-refractivity contribution in [2.24, 2.45) is 8.80 Å². The Morgan fingerprint density at radius 1 is 1.25 bits per heavy atom. The molecule has 1 atom stereocenters. The molecule has 0 saturated heterocycles. The second-order valence-corrected chi connectivity index (χ2v) is 6.24. The number of rotatable bonds is 7. The molecule has 0 amide bonds. The van der Waals surface area contributed by atoms with Gasteiger partial charge in [0, 0.05) is 20.1 Å². The van der Waals surface area contributed by atoms with Gasteiger partial charge in [0.15, 0.2) is 11.7 Å². The molecule has 2 rings (SSSR count). The van der Waals surface area contributed by atoms with Gasteiger partial charge in [-0.15, -0.1) is 8.80 Å². The van der Waals surface area contributed by atoms with E-state index in [2.05, 4.69) is 30.4 Å². The molecular formula is C16H23N5O2S. The van der Waals surface area contributed by atoms with Crippen molar-refractivity contribution < 1.29 is 8.95 Å². The molecule has 1 aromatic rings. The van der Waals surface area contributed by atoms with E-state index in [4.69, 9.17) is 4.74 Å². The van der Waals surface area contributed by atoms with Crippen molar-refractivity contribution in [2.75, 3.05) is 34.3 Å². The molecule has 0 spiro atoms. The molecule has 0 aromatic heterocycles. The predicted octanol–water partition coefficient (Wildman–Crippen LogP) is 0.881. The van der Waals surface area contributed by atoms with Crippen molar-refractivity contribution in [1.82, 2.24) is 15.5 Å². The maximum absolute atomic E-state index is 11.2. The molecule has 1 aliphatic heterocycles. The number of benzene rings is 1. The number of nitrogens with one attached hydrogen (secondary N) is 2. The highest BCUT2D eigenvalue weighted by molar-refractivity contribution is 7.83. The van der Waals surface area contributed by atoms with Crippen molar-refractivity contribution in [3.8, 4) is 5.75 Å². The minimum Gasteiger partial charge on any atom is -0.490 e. The third kappa shape index (κ3) is 5.78. The van der Waals surface area contributed by atoms with Crippen molar-refractivity contribution >= 4 is 22.8 Å². The molecule has 1 aromatic carbocycles. The summed E-state index contributed by atoms with van der Waals surface area (Å²) >= 11 is -1.52. The molecule has 0 saturated carbocycles. The molecular weight excluding hydrogens is 326 g/mol. The molecule has 24 heavy (non-hydrogen) atoms. The Hall–Kier alpha value is -2.19. The van der Waals surface area contributed by atoms with Crippen LogP contribution >= 0.6 is 0 Å². The summed E-state index contributed by atoms with van der Waals surface area (Å²) in [4.78, 5) is 2.12. The van der Waals surface area contributed by atoms with Gasteiger partial charge >= 0.3 is 0 Å². The Morgan fingerprint density at radius 2 is 2.04 bits per heavy atom. The van der Waals surface area contributed by atoms with Crippen LogP contribution in [0.2, 0.25) is 0 Å². The Bertz CT molecular complexity index is 670. The molecule has 0 radical (unpaired) electrons. The number of ether oxygens (including phenoxy) is 1. The smallest absolute Gasteiger partial charge is 0.269 e. The summed E-state index contributed by atoms with van der Waals surface area (Å²) in [5.41, 5.74) is 1.22. The van der Waals surface area contributed by atoms with Crippen LogP contribution in [0.5, 0.6) is 5.75 Å². The van der Waals surface area contributed by atoms with E-state index in [1.807, 2.05) is 44.4 Å². The van der Waals surface area contributed by atoms with E-state index < -0.39 is 11.2 Å². The predicted molar refractivity (Wildman–Crippen MR) is 98.5 cm³/mol. The van der Waals surface area contributed by atoms with Crippen LogP contribution in [-0.4, -0.2) is 55.1 Å². The maximum atomic E-state index is 11.2. The van der Waals surface area contributed by atoms with Crippen molar-refractivity contribution in [3.63, 3.8) is 0 Å². The molecule has 2 N–H and O–H groups in total. The van der Waals surface area contributed by atoms with Gasteiger partial charge in [-0.1, -0.05) is 18.2 Å². The van der Waals surface area contributed by atoms with Crippen LogP contribution in [0, 0.1) is 0 Å². The van der Waals surface area contributed by atoms with E-state index in [0.29, 0.717) is 24.8 Å². The Morgan fingerprint density at radius 3 is 2.79 bits per heavy atom. The zero-order valence-corrected chi connectivity index (χ0v) is 15.0. The molecule has 7 nitrogen and oxygen atoms in total. The highest BCUT2D eigenvalue weighted by atomic mass is 32.2. The zero-order valence-electron chi connectivity index (χ0n) is 14.2. The number of nitrogens with zero attached hydrogens (tertiary/aromatic N) is 3. The summed E-state index contributed by atoms with van der Waals surface area (Å²) in [6.07, 6.45) is 3.86. The van der Waals surface area contributed by atoms with Crippen LogP contribution in [0.1, 0.15) is 5.56 Å². The third-order valence-electron chi connectivity index (χ3n) is 3.10. The average molecular weight is 349 g/mol. The lowest BCUT2D eigenvalue weighted by Crippen LogP contribution is -2.36. The standard InChI is InChI=1S/C16H23N5O2S/c1-17-15-16(20-24(22)19-15)18-9-4-5-10-23-14-8-6-7-13(11-14)12-21(2)3/h4-8,11H,9-10,12H2,1-3H3,(H,17,19)(H,18,20)/b5-4-. The summed E-state index contributed by atoms with van der Waals surface area (Å²) < 4.78 is 24.6. The first-order valence-corrected chi connectivity index (χ1v) is 8.67. The summed E-state index contributed by atoms with van der Waals surface area (Å²) in [6.45, 7) is 1.93. The van der Waals surface area contributed by atoms with Crippen LogP contribution < -0.4 is 15.4 Å². The highest BCUT2D eigenvalue weighted by Crippen LogP contribution is 2.14. The fraction of sp³-hybridized carbons (Fsp3) is 0.375. The Balaban J connectivity index is 1.73. The zero-order chi connectivity index (χ0) is 17.4. The van der Waals surface area contributed by atoms with E-state index in [0.717, 1.165) is 12.3 Å². The molecule has 0 bridgehead atoms. The van der Waals surface area contributed by atoms with Gasteiger partial charge in [0.2, 0.25) is 0 Å². The van der Waals surface area contributed by atoms with Gasteiger partial charge in [0.1, 0.15) is 12.4 Å². The second kappa shape index (κ2) is 9.19. The van der Waals surface area contributed by atoms with Gasteiger partial charge in [-0.05, 0) is 37.9 Å². The molecule has 8 heteroatoms. The number of likely N-dealkylation sites (N-methyl/N-ethyl adjacent to an activating group) is 1. The largest absolute Gasteiger partial charge is 0.490 e. The molecule has 0 fully saturated rings. The highest BCUT2D eigenvalue weighted by Gasteiger charge is 2.16. The van der Waals surface area contributed by atoms with E-state index in [9.17, 15) is 4.21 Å². The van der Waals surface area contributed by atoms with Gasteiger partial charge in [-0.25, -0.2) is 4.21 Å². The number of amidine groups is 2. The van der Waals surface area contributed by atoms with Gasteiger partial charge in [0.05, 0.1) is 0 Å². The summed E-state index contributed by atoms with van der Waals surface area (Å²) in [6, 6.07) is 8.07. The quantitative estimate of drug-likeness (QED) is 0.715. The normalized spacial score (nSPS) is 17.1. The molecule has 1 aliphatic rings. The first-order chi connectivity index (χ1) is 11.6. The van der Waals surface area contributed by atoms with E-state index in [1.54, 1.807) is 7.05 Å². The van der Waals surface area contributed by atoms with Gasteiger partial charge < -0.3 is 20.3 Å². The van der Waals surface area contributed by atoms with Gasteiger partial charge in [-0.2, -0.15) is 0 Å². The van der Waals surface area contributed by atoms with Crippen molar-refractivity contribution in [3.05, 3.63) is 42.0 Å². The summed E-state index contributed by atoms with van der Waals surface area (Å²) in [7, 11) is 5.79. The van der Waals surface area contributed by atoms with Gasteiger partial charge in [0.25, 0.3) is 11.2 Å². The fourth-order valence-corrected chi connectivity index (χ4v) is 2.78. The Labute approximate surface area is 145 Å². The van der Waals surface area contributed by atoms with E-state index >= 15 is 0 Å². The second-order valence-electron chi connectivity index (χ2n) is 5.41. The maximum Gasteiger partial charge on any atom is 0.269 e. The molecule has 130 valence electrons. The minimum atomic E-state index is -1.52. The van der Waals surface area contributed by atoms with Crippen molar-refractivity contribution in [2.45, 2.75) is 6.54 Å². The lowest BCUT2D eigenvalue weighted by Gasteiger charge is -2.11. The SMILES string of the molecule is CNC1=NS(=O)N=C1NC/C=C\COc1cccc(CN(C)C)c1. The first kappa shape index (κ1) is 18.2. The molecule has 1 heterocycles. The van der Waals surface area contributed by atoms with Crippen molar-refractivity contribution in [1.29, 1.82) is 0 Å². The molecule has 0 aliphatic carbocycles. The van der Waals surface area contributed by atoms with E-state index in [-0.39, 0.29) is 0 Å². The van der Waals surface area contributed by atoms with E-state index in [1.165, 1.54) is 5.56 Å². The summed E-state index contributed by atoms with van der Waals surface area (Å²) in [5, 5.41) is 5.91. The average Bonchev–Trinajstić information content (AvgIpc) is 2.90. The third-order valence-corrected chi connectivity index (χ3v) is 3.77. The Kier molecular flexibility index (Phi) is 6.95. The van der Waals surface area contributed by atoms with Crippen LogP contribution in [0.25, 0.3) is 0 Å². The lowest BCUT2D eigenvalue weighted by atomic mass is 10.2. The van der Waals surface area contributed by atoms with Crippen LogP contribution in [0.15, 0.2) is 45.2 Å². The van der Waals surface area contributed by atoms with Crippen LogP contribution in [0.3, 0.4) is 0 Å². The monoisotopic (exact) mass is 349 g/mol. The van der Waals surface area contributed by atoms with Crippen LogP contribution in [-0.2, 0) is 17.7 Å². The van der Waals surface area contributed by atoms with Gasteiger partial charge in [-0.3, -0.25) is 0 Å². The molecule has 1 unspecified atom stereocenters. The fourth-order valence-electron chi connectivity index (χ4n) is 2.09. The topological polar surface area (TPSA) is 78.3 Å². The minimum absolute atomic E-state index is 0.485. The summed E-state index contributed by atoms with van der Waals surface area (Å²) in [5.74, 6) is 1.88.